The maximum atomic E-state index is 12.7. The molecule has 2 fully saturated rings. The Bertz CT molecular complexity index is 834. The summed E-state index contributed by atoms with van der Waals surface area (Å²) in [5.41, 5.74) is -0.904. The lowest BCUT2D eigenvalue weighted by molar-refractivity contribution is -0.145. The number of aryl methyl sites for hydroxylation is 1. The van der Waals surface area contributed by atoms with Crippen LogP contribution in [-0.4, -0.2) is 61.8 Å². The average molecular weight is 368 g/mol. The van der Waals surface area contributed by atoms with Crippen LogP contribution in [0.25, 0.3) is 0 Å². The highest BCUT2D eigenvalue weighted by Crippen LogP contribution is 2.56. The summed E-state index contributed by atoms with van der Waals surface area (Å²) in [5, 5.41) is 9.17. The van der Waals surface area contributed by atoms with Gasteiger partial charge in [0.2, 0.25) is 5.91 Å². The summed E-state index contributed by atoms with van der Waals surface area (Å²) >= 11 is 0. The molecular weight excluding hydrogens is 347 g/mol. The third-order valence-corrected chi connectivity index (χ3v) is 5.50. The number of hydrogen-bond donors (Lipinski definition) is 2. The number of carbonyl (C=O) groups excluding carboxylic acids is 1. The van der Waals surface area contributed by atoms with Gasteiger partial charge in [0.05, 0.1) is 0 Å². The van der Waals surface area contributed by atoms with Crippen LogP contribution in [0, 0.1) is 12.3 Å². The van der Waals surface area contributed by atoms with E-state index in [4.69, 9.17) is 5.11 Å². The molecule has 1 amide bonds. The van der Waals surface area contributed by atoms with Gasteiger partial charge in [-0.1, -0.05) is 9.39 Å². The number of hydrogen-bond acceptors (Lipinski definition) is 5. The van der Waals surface area contributed by atoms with Gasteiger partial charge in [-0.05, 0) is 19.8 Å². The van der Waals surface area contributed by atoms with E-state index >= 15 is 0 Å². The van der Waals surface area contributed by atoms with Crippen LogP contribution in [0.4, 0.5) is 0 Å². The van der Waals surface area contributed by atoms with Crippen LogP contribution in [-0.2, 0) is 16.1 Å². The fourth-order valence-electron chi connectivity index (χ4n) is 3.62. The van der Waals surface area contributed by atoms with Gasteiger partial charge in [-0.15, -0.1) is 0 Å². The molecule has 25 heavy (non-hydrogen) atoms. The topological polar surface area (TPSA) is 116 Å². The van der Waals surface area contributed by atoms with Crippen molar-refractivity contribution in [3.05, 3.63) is 32.6 Å². The second kappa shape index (κ2) is 6.38. The van der Waals surface area contributed by atoms with Crippen molar-refractivity contribution in [1.82, 2.24) is 19.1 Å². The molecule has 2 N–H and O–H groups in total. The molecule has 1 saturated heterocycles. The van der Waals surface area contributed by atoms with E-state index in [1.165, 1.54) is 18.0 Å². The van der Waals surface area contributed by atoms with E-state index in [2.05, 4.69) is 19.0 Å². The lowest BCUT2D eigenvalue weighted by Gasteiger charge is -2.24. The molecule has 1 aromatic rings. The Morgan fingerprint density at radius 1 is 1.48 bits per heavy atom. The van der Waals surface area contributed by atoms with Gasteiger partial charge in [-0.3, -0.25) is 28.6 Å². The van der Waals surface area contributed by atoms with Gasteiger partial charge < -0.3 is 10.0 Å². The Morgan fingerprint density at radius 2 is 2.20 bits per heavy atom. The molecular formula is C15H21N4O5P. The Kier molecular flexibility index (Phi) is 4.55. The van der Waals surface area contributed by atoms with E-state index in [0.717, 1.165) is 30.5 Å². The van der Waals surface area contributed by atoms with Crippen LogP contribution < -0.4 is 11.2 Å². The lowest BCUT2D eigenvalue weighted by Crippen LogP contribution is -2.44. The number of carbonyl (C=O) groups is 2. The summed E-state index contributed by atoms with van der Waals surface area (Å²) in [5.74, 6) is -1.51. The van der Waals surface area contributed by atoms with Crippen molar-refractivity contribution in [1.29, 1.82) is 0 Å². The zero-order valence-electron chi connectivity index (χ0n) is 13.9. The number of nitrogens with zero attached hydrogens (tertiary/aromatic N) is 3. The quantitative estimate of drug-likeness (QED) is 0.645. The van der Waals surface area contributed by atoms with Crippen molar-refractivity contribution in [2.24, 2.45) is 5.41 Å². The third kappa shape index (κ3) is 3.52. The van der Waals surface area contributed by atoms with Gasteiger partial charge >= 0.3 is 11.7 Å². The number of amides is 1. The molecule has 3 rings (SSSR count). The number of aromatic amines is 1. The minimum absolute atomic E-state index is 0.0429. The Morgan fingerprint density at radius 3 is 2.80 bits per heavy atom. The number of H-pyrrole nitrogens is 1. The maximum absolute atomic E-state index is 12.7. The van der Waals surface area contributed by atoms with Gasteiger partial charge in [-0.2, -0.15) is 0 Å². The molecule has 136 valence electrons. The van der Waals surface area contributed by atoms with Crippen molar-refractivity contribution < 1.29 is 14.7 Å². The van der Waals surface area contributed by atoms with Crippen LogP contribution in [0.3, 0.4) is 0 Å². The van der Waals surface area contributed by atoms with Gasteiger partial charge in [-0.25, -0.2) is 4.79 Å². The maximum Gasteiger partial charge on any atom is 0.328 e. The fraction of sp³-hybridized carbons (Fsp3) is 0.600. The standard InChI is InChI=1S/C15H21N4O5P/c1-9-5-17(14(24)16-13(9)23)6-11(20)19(7-12(21)22)10-4-15(10)2-3-18(25)8-15/h5,10H,2-4,6-8,25H2,1H3,(H,21,22)(H,16,23,24)/t10?,15-/m0/s1. The highest BCUT2D eigenvalue weighted by atomic mass is 31.0. The van der Waals surface area contributed by atoms with Gasteiger partial charge in [0.1, 0.15) is 13.1 Å². The molecule has 1 aromatic heterocycles. The largest absolute Gasteiger partial charge is 0.480 e. The van der Waals surface area contributed by atoms with Crippen LogP contribution >= 0.6 is 9.39 Å². The van der Waals surface area contributed by atoms with Crippen LogP contribution in [0.2, 0.25) is 0 Å². The Hall–Kier alpha value is -1.99. The van der Waals surface area contributed by atoms with Crippen LogP contribution in [0.1, 0.15) is 18.4 Å². The minimum Gasteiger partial charge on any atom is -0.480 e. The molecule has 3 atom stereocenters. The number of rotatable bonds is 5. The highest BCUT2D eigenvalue weighted by molar-refractivity contribution is 7.13. The molecule has 1 aliphatic carbocycles. The molecule has 0 aromatic carbocycles. The molecule has 0 radical (unpaired) electrons. The number of aliphatic carboxylic acids is 1. The predicted molar refractivity (Wildman–Crippen MR) is 92.1 cm³/mol. The van der Waals surface area contributed by atoms with Crippen molar-refractivity contribution in [2.75, 3.05) is 19.6 Å². The highest BCUT2D eigenvalue weighted by Gasteiger charge is 2.60. The van der Waals surface area contributed by atoms with Gasteiger partial charge in [0.25, 0.3) is 5.56 Å². The van der Waals surface area contributed by atoms with Crippen molar-refractivity contribution in [2.45, 2.75) is 32.4 Å². The number of nitrogens with one attached hydrogen (secondary N) is 1. The normalized spacial score (nSPS) is 25.3. The molecule has 0 bridgehead atoms. The summed E-state index contributed by atoms with van der Waals surface area (Å²) in [7, 11) is 2.64. The second-order valence-corrected chi connectivity index (χ2v) is 7.65. The summed E-state index contributed by atoms with van der Waals surface area (Å²) < 4.78 is 3.21. The molecule has 9 nitrogen and oxygen atoms in total. The molecule has 2 heterocycles. The fourth-order valence-corrected chi connectivity index (χ4v) is 4.12. The lowest BCUT2D eigenvalue weighted by atomic mass is 10.1. The number of carboxylic acid groups (broad SMARTS) is 1. The van der Waals surface area contributed by atoms with Crippen LogP contribution in [0.15, 0.2) is 15.8 Å². The summed E-state index contributed by atoms with van der Waals surface area (Å²) in [6.07, 6.45) is 3.01. The first-order valence-electron chi connectivity index (χ1n) is 8.03. The summed E-state index contributed by atoms with van der Waals surface area (Å²) in [6.45, 7) is 2.56. The monoisotopic (exact) mass is 368 g/mol. The molecule has 10 heteroatoms. The smallest absolute Gasteiger partial charge is 0.328 e. The summed E-state index contributed by atoms with van der Waals surface area (Å²) in [6, 6.07) is -0.124. The molecule has 2 aliphatic rings. The minimum atomic E-state index is -1.08. The second-order valence-electron chi connectivity index (χ2n) is 6.92. The van der Waals surface area contributed by atoms with E-state index in [9.17, 15) is 19.2 Å². The Labute approximate surface area is 145 Å². The van der Waals surface area contributed by atoms with E-state index in [1.54, 1.807) is 0 Å². The van der Waals surface area contributed by atoms with E-state index < -0.39 is 23.1 Å². The van der Waals surface area contributed by atoms with Gasteiger partial charge in [0.15, 0.2) is 0 Å². The number of carboxylic acids is 1. The Balaban J connectivity index is 1.79. The first-order valence-corrected chi connectivity index (χ1v) is 8.55. The van der Waals surface area contributed by atoms with Crippen molar-refractivity contribution in [3.63, 3.8) is 0 Å². The molecule has 1 spiro atoms. The first kappa shape index (κ1) is 17.8. The first-order chi connectivity index (χ1) is 11.7. The van der Waals surface area contributed by atoms with Crippen molar-refractivity contribution >= 4 is 21.3 Å². The van der Waals surface area contributed by atoms with E-state index in [-0.39, 0.29) is 24.5 Å². The van der Waals surface area contributed by atoms with Crippen LogP contribution in [0.5, 0.6) is 0 Å². The predicted octanol–water partition coefficient (Wildman–Crippen LogP) is -0.987. The SMILES string of the molecule is Cc1cn(CC(=O)N(CC(=O)O)C2C[C@]23CCN(P)C3)c(=O)[nH]c1=O. The molecule has 1 saturated carbocycles. The molecule has 1 aliphatic heterocycles. The van der Waals surface area contributed by atoms with Crippen molar-refractivity contribution in [3.8, 4) is 0 Å². The average Bonchev–Trinajstić information content (AvgIpc) is 3.07. The van der Waals surface area contributed by atoms with Gasteiger partial charge in [0, 0.05) is 36.3 Å². The zero-order valence-corrected chi connectivity index (χ0v) is 15.1. The number of aromatic nitrogens is 2. The molecule has 2 unspecified atom stereocenters. The van der Waals surface area contributed by atoms with E-state index in [1.807, 2.05) is 0 Å². The summed E-state index contributed by atoms with van der Waals surface area (Å²) in [4.78, 5) is 50.7. The van der Waals surface area contributed by atoms with E-state index in [0.29, 0.717) is 5.56 Å². The zero-order chi connectivity index (χ0) is 18.4. The third-order valence-electron chi connectivity index (χ3n) is 5.06.